The van der Waals surface area contributed by atoms with Crippen LogP contribution in [0.25, 0.3) is 0 Å². The highest BCUT2D eigenvalue weighted by molar-refractivity contribution is 14.1. The number of thiazole rings is 1. The minimum atomic E-state index is -0.933. The first-order valence-corrected chi connectivity index (χ1v) is 23.2. The number of anilines is 1. The molecule has 6 aromatic rings. The van der Waals surface area contributed by atoms with Crippen LogP contribution in [0, 0.1) is 0 Å². The summed E-state index contributed by atoms with van der Waals surface area (Å²) < 4.78 is 6.77. The van der Waals surface area contributed by atoms with E-state index in [1.54, 1.807) is 5.38 Å². The molecule has 1 fully saturated rings. The van der Waals surface area contributed by atoms with Crippen molar-refractivity contribution in [3.63, 3.8) is 0 Å². The molecule has 0 spiro atoms. The van der Waals surface area contributed by atoms with E-state index in [4.69, 9.17) is 14.6 Å². The molecule has 2 aliphatic heterocycles. The molecule has 5 aromatic carbocycles. The molecule has 0 saturated carbocycles. The second kappa shape index (κ2) is 18.9. The van der Waals surface area contributed by atoms with E-state index < -0.39 is 40.8 Å². The third kappa shape index (κ3) is 8.72. The van der Waals surface area contributed by atoms with E-state index in [-0.39, 0.29) is 23.2 Å². The summed E-state index contributed by atoms with van der Waals surface area (Å²) in [5.41, 5.74) is 4.96. The number of ether oxygens (including phenoxy) is 1. The van der Waals surface area contributed by atoms with Crippen LogP contribution in [0.1, 0.15) is 53.5 Å². The average molecular weight is 960 g/mol. The van der Waals surface area contributed by atoms with Crippen molar-refractivity contribution in [1.82, 2.24) is 15.2 Å². The maximum absolute atomic E-state index is 14.3. The van der Waals surface area contributed by atoms with Crippen LogP contribution in [0.2, 0.25) is 0 Å². The van der Waals surface area contributed by atoms with Crippen molar-refractivity contribution in [3.05, 3.63) is 202 Å². The van der Waals surface area contributed by atoms with Gasteiger partial charge in [0.25, 0.3) is 11.8 Å². The molecule has 308 valence electrons. The molecule has 1 aromatic heterocycles. The van der Waals surface area contributed by atoms with Crippen molar-refractivity contribution in [3.8, 4) is 0 Å². The molecule has 61 heavy (non-hydrogen) atoms. The number of β-lactam (4-membered cyclic amide) rings is 1. The summed E-state index contributed by atoms with van der Waals surface area (Å²) in [7, 11) is 0. The second-order valence-electron chi connectivity index (χ2n) is 14.7. The number of hydrogen-bond donors (Lipinski definition) is 2. The number of hydrogen-bond acceptors (Lipinski definition) is 10. The number of oxime groups is 1. The van der Waals surface area contributed by atoms with E-state index in [1.165, 1.54) is 28.0 Å². The number of fused-ring (bicyclic) bond motifs is 1. The number of nitrogens with zero attached hydrogens (tertiary/aromatic N) is 3. The number of amides is 2. The fourth-order valence-electron chi connectivity index (χ4n) is 7.48. The predicted octanol–water partition coefficient (Wildman–Crippen LogP) is 9.10. The molecule has 13 heteroatoms. The SMILES string of the molecule is CC(C)ON=C(C(=O)N[C@@H]1C(=O)N2C(C(=O)OC(c3ccccc3)c3ccccc3)=C(CI)CS[C@H]12)c1csc(NC(c2ccccc2)(c2ccccc2)c2ccccc2)n1. The van der Waals surface area contributed by atoms with E-state index in [2.05, 4.69) is 74.8 Å². The molecule has 2 N–H and O–H groups in total. The van der Waals surface area contributed by atoms with Crippen LogP contribution in [0.4, 0.5) is 5.13 Å². The average Bonchev–Trinajstić information content (AvgIpc) is 3.77. The van der Waals surface area contributed by atoms with E-state index in [9.17, 15) is 14.4 Å². The van der Waals surface area contributed by atoms with Crippen molar-refractivity contribution < 1.29 is 24.0 Å². The van der Waals surface area contributed by atoms with Crippen molar-refractivity contribution in [2.75, 3.05) is 15.5 Å². The highest BCUT2D eigenvalue weighted by Gasteiger charge is 2.55. The highest BCUT2D eigenvalue weighted by atomic mass is 127. The Kier molecular flexibility index (Phi) is 13.0. The van der Waals surface area contributed by atoms with Gasteiger partial charge < -0.3 is 20.2 Å². The molecule has 10 nitrogen and oxygen atoms in total. The Morgan fingerprint density at radius 1 is 0.820 bits per heavy atom. The van der Waals surface area contributed by atoms with Gasteiger partial charge in [-0.1, -0.05) is 179 Å². The molecular formula is C48H42IN5O5S2. The summed E-state index contributed by atoms with van der Waals surface area (Å²) in [5, 5.41) is 12.7. The Balaban J connectivity index is 1.05. The number of esters is 1. The minimum absolute atomic E-state index is 0.0773. The lowest BCUT2D eigenvalue weighted by atomic mass is 9.77. The summed E-state index contributed by atoms with van der Waals surface area (Å²) in [6.07, 6.45) is -1.02. The third-order valence-electron chi connectivity index (χ3n) is 10.3. The van der Waals surface area contributed by atoms with Crippen LogP contribution in [0.15, 0.2) is 173 Å². The molecule has 0 aliphatic carbocycles. The number of rotatable bonds is 15. The van der Waals surface area contributed by atoms with Gasteiger partial charge in [0.05, 0.1) is 0 Å². The van der Waals surface area contributed by atoms with Crippen molar-refractivity contribution in [1.29, 1.82) is 0 Å². The largest absolute Gasteiger partial charge is 0.448 e. The summed E-state index contributed by atoms with van der Waals surface area (Å²) in [6.45, 7) is 3.62. The zero-order valence-corrected chi connectivity index (χ0v) is 37.1. The number of benzene rings is 5. The lowest BCUT2D eigenvalue weighted by Gasteiger charge is -2.49. The molecule has 3 heterocycles. The smallest absolute Gasteiger partial charge is 0.356 e. The van der Waals surface area contributed by atoms with Gasteiger partial charge >= 0.3 is 5.97 Å². The Hall–Kier alpha value is -5.77. The number of thioether (sulfide) groups is 1. The fourth-order valence-corrected chi connectivity index (χ4v) is 10.6. The lowest BCUT2D eigenvalue weighted by Crippen LogP contribution is -2.71. The quantitative estimate of drug-likeness (QED) is 0.0199. The van der Waals surface area contributed by atoms with Gasteiger partial charge in [0, 0.05) is 15.6 Å². The number of halogens is 1. The maximum atomic E-state index is 14.3. The summed E-state index contributed by atoms with van der Waals surface area (Å²) in [5.74, 6) is -1.16. The molecule has 0 radical (unpaired) electrons. The fraction of sp³-hybridized carbons (Fsp3) is 0.188. The lowest BCUT2D eigenvalue weighted by molar-refractivity contribution is -0.154. The number of aromatic nitrogens is 1. The first-order chi connectivity index (χ1) is 29.8. The first kappa shape index (κ1) is 41.9. The summed E-state index contributed by atoms with van der Waals surface area (Å²) >= 11 is 5.02. The Labute approximate surface area is 376 Å². The van der Waals surface area contributed by atoms with E-state index in [0.29, 0.717) is 15.3 Å². The molecule has 1 saturated heterocycles. The second-order valence-corrected chi connectivity index (χ2v) is 17.4. The Morgan fingerprint density at radius 2 is 1.33 bits per heavy atom. The maximum Gasteiger partial charge on any atom is 0.356 e. The topological polar surface area (TPSA) is 122 Å². The zero-order chi connectivity index (χ0) is 42.3. The van der Waals surface area contributed by atoms with Gasteiger partial charge in [0.1, 0.15) is 34.4 Å². The van der Waals surface area contributed by atoms with Gasteiger partial charge in [-0.15, -0.1) is 23.1 Å². The third-order valence-corrected chi connectivity index (χ3v) is 13.4. The molecular weight excluding hydrogens is 918 g/mol. The molecule has 0 unspecified atom stereocenters. The normalized spacial score (nSPS) is 16.5. The Bertz CT molecular complexity index is 2400. The summed E-state index contributed by atoms with van der Waals surface area (Å²) in [4.78, 5) is 54.6. The van der Waals surface area contributed by atoms with Crippen molar-refractivity contribution in [2.24, 2.45) is 5.16 Å². The zero-order valence-electron chi connectivity index (χ0n) is 33.3. The number of carbonyl (C=O) groups excluding carboxylic acids is 3. The van der Waals surface area contributed by atoms with Crippen molar-refractivity contribution >= 4 is 74.3 Å². The van der Waals surface area contributed by atoms with Gasteiger partial charge in [0.2, 0.25) is 0 Å². The molecule has 2 amide bonds. The first-order valence-electron chi connectivity index (χ1n) is 19.8. The van der Waals surface area contributed by atoms with E-state index in [0.717, 1.165) is 33.4 Å². The van der Waals surface area contributed by atoms with Gasteiger partial charge in [0.15, 0.2) is 16.9 Å². The van der Waals surface area contributed by atoms with Crippen LogP contribution >= 0.6 is 45.7 Å². The van der Waals surface area contributed by atoms with Crippen LogP contribution in [-0.4, -0.2) is 61.1 Å². The van der Waals surface area contributed by atoms with Crippen molar-refractivity contribution in [2.45, 2.75) is 43.0 Å². The van der Waals surface area contributed by atoms with Crippen LogP contribution in [0.5, 0.6) is 0 Å². The van der Waals surface area contributed by atoms with E-state index in [1.807, 2.05) is 129 Å². The van der Waals surface area contributed by atoms with Crippen LogP contribution < -0.4 is 10.6 Å². The number of alkyl halides is 1. The molecule has 2 atom stereocenters. The monoisotopic (exact) mass is 959 g/mol. The van der Waals surface area contributed by atoms with Gasteiger partial charge in [-0.3, -0.25) is 14.5 Å². The highest BCUT2D eigenvalue weighted by Crippen LogP contribution is 2.43. The van der Waals surface area contributed by atoms with Gasteiger partial charge in [-0.25, -0.2) is 9.78 Å². The van der Waals surface area contributed by atoms with Gasteiger partial charge in [-0.2, -0.15) is 0 Å². The molecule has 2 aliphatic rings. The van der Waals surface area contributed by atoms with Crippen LogP contribution in [0.3, 0.4) is 0 Å². The van der Waals surface area contributed by atoms with Gasteiger partial charge in [-0.05, 0) is 47.2 Å². The number of carbonyl (C=O) groups is 3. The molecule has 8 rings (SSSR count). The standard InChI is InChI=1S/C48H42IN5O5S2/c1-31(2)59-53-39(38-30-61-47(50-38)52-48(35-22-12-5-13-23-35,36-24-14-6-15-25-36)37-26-16-7-17-27-37)43(55)51-40-44(56)54-41(34(28-49)29-60-45(40)54)46(57)58-42(32-18-8-3-9-19-32)33-20-10-4-11-21-33/h3-27,30-31,40,42,45H,28-29H2,1-2H3,(H,50,52)(H,51,55)/t40-,45-/m1/s1. The minimum Gasteiger partial charge on any atom is -0.448 e. The summed E-state index contributed by atoms with van der Waals surface area (Å²) in [6, 6.07) is 48.6. The number of nitrogens with one attached hydrogen (secondary N) is 2. The molecule has 0 bridgehead atoms. The Morgan fingerprint density at radius 3 is 1.82 bits per heavy atom. The predicted molar refractivity (Wildman–Crippen MR) is 249 cm³/mol. The van der Waals surface area contributed by atoms with E-state index >= 15 is 0 Å². The van der Waals surface area contributed by atoms with Crippen LogP contribution in [-0.2, 0) is 29.5 Å².